The summed E-state index contributed by atoms with van der Waals surface area (Å²) in [4.78, 5) is 4.64. The Kier molecular flexibility index (Phi) is 2.65. The van der Waals surface area contributed by atoms with Crippen LogP contribution < -0.4 is 5.32 Å². The lowest BCUT2D eigenvalue weighted by atomic mass is 9.99. The molecule has 80 valence electrons. The number of anilines is 1. The van der Waals surface area contributed by atoms with E-state index < -0.39 is 0 Å². The summed E-state index contributed by atoms with van der Waals surface area (Å²) in [6, 6.07) is 2.08. The van der Waals surface area contributed by atoms with Gasteiger partial charge in [-0.1, -0.05) is 13.8 Å². The second-order valence-electron chi connectivity index (χ2n) is 4.03. The summed E-state index contributed by atoms with van der Waals surface area (Å²) in [5, 5.41) is 5.42. The predicted octanol–water partition coefficient (Wildman–Crippen LogP) is 3.77. The zero-order chi connectivity index (χ0) is 11.0. The van der Waals surface area contributed by atoms with Crippen LogP contribution in [0.2, 0.25) is 0 Å². The van der Waals surface area contributed by atoms with Crippen LogP contribution in [-0.4, -0.2) is 12.0 Å². The number of pyridine rings is 1. The second kappa shape index (κ2) is 3.81. The summed E-state index contributed by atoms with van der Waals surface area (Å²) >= 11 is 1.75. The Morgan fingerprint density at radius 2 is 2.13 bits per heavy atom. The Morgan fingerprint density at radius 1 is 1.40 bits per heavy atom. The van der Waals surface area contributed by atoms with Gasteiger partial charge in [0.25, 0.3) is 0 Å². The fraction of sp³-hybridized carbons (Fsp3) is 0.417. The number of aromatic nitrogens is 1. The minimum Gasteiger partial charge on any atom is -0.387 e. The van der Waals surface area contributed by atoms with Crippen LogP contribution in [0.4, 0.5) is 5.69 Å². The molecular formula is C12H16N2S. The molecule has 2 aromatic rings. The molecule has 0 unspecified atom stereocenters. The Morgan fingerprint density at radius 3 is 2.73 bits per heavy atom. The van der Waals surface area contributed by atoms with E-state index in [2.05, 4.69) is 42.5 Å². The van der Waals surface area contributed by atoms with E-state index in [9.17, 15) is 0 Å². The van der Waals surface area contributed by atoms with Crippen LogP contribution in [0.25, 0.3) is 10.2 Å². The number of nitrogens with zero attached hydrogens (tertiary/aromatic N) is 1. The summed E-state index contributed by atoms with van der Waals surface area (Å²) in [5.41, 5.74) is 4.83. The third-order valence-electron chi connectivity index (χ3n) is 2.65. The average molecular weight is 220 g/mol. The molecule has 0 atom stereocenters. The number of rotatable bonds is 2. The lowest BCUT2D eigenvalue weighted by Crippen LogP contribution is -2.02. The maximum Gasteiger partial charge on any atom is 0.0834 e. The highest BCUT2D eigenvalue weighted by Gasteiger charge is 2.14. The summed E-state index contributed by atoms with van der Waals surface area (Å²) in [6.45, 7) is 6.52. The zero-order valence-electron chi connectivity index (χ0n) is 9.59. The van der Waals surface area contributed by atoms with Gasteiger partial charge in [-0.25, -0.2) is 0 Å². The molecule has 0 fully saturated rings. The molecule has 0 aliphatic carbocycles. The number of fused-ring (bicyclic) bond motifs is 1. The Balaban J connectivity index is 2.82. The molecule has 0 bridgehead atoms. The molecule has 1 N–H and O–H groups in total. The molecule has 2 rings (SSSR count). The number of nitrogens with one attached hydrogen (secondary N) is 1. The quantitative estimate of drug-likeness (QED) is 0.833. The third kappa shape index (κ3) is 1.61. The summed E-state index contributed by atoms with van der Waals surface area (Å²) in [6.07, 6.45) is 0. The molecule has 0 aliphatic heterocycles. The topological polar surface area (TPSA) is 24.9 Å². The van der Waals surface area contributed by atoms with E-state index in [-0.39, 0.29) is 0 Å². The Labute approximate surface area is 94.3 Å². The molecule has 0 aliphatic rings. The normalized spacial score (nSPS) is 11.3. The highest BCUT2D eigenvalue weighted by Crippen LogP contribution is 2.35. The molecule has 15 heavy (non-hydrogen) atoms. The van der Waals surface area contributed by atoms with E-state index in [0.29, 0.717) is 5.92 Å². The van der Waals surface area contributed by atoms with Crippen molar-refractivity contribution in [1.29, 1.82) is 0 Å². The molecule has 2 nitrogen and oxygen atoms in total. The van der Waals surface area contributed by atoms with Crippen molar-refractivity contribution in [2.75, 3.05) is 12.4 Å². The maximum absolute atomic E-state index is 4.64. The van der Waals surface area contributed by atoms with Gasteiger partial charge in [0, 0.05) is 18.3 Å². The van der Waals surface area contributed by atoms with Crippen molar-refractivity contribution in [3.63, 3.8) is 0 Å². The van der Waals surface area contributed by atoms with Crippen molar-refractivity contribution in [2.24, 2.45) is 0 Å². The standard InChI is InChI=1S/C12H16N2S/c1-7(2)10-8(3)14-9-5-6-15-12(9)11(10)13-4/h5-7H,1-4H3,(H,13,14). The van der Waals surface area contributed by atoms with Crippen molar-refractivity contribution < 1.29 is 0 Å². The van der Waals surface area contributed by atoms with E-state index in [1.807, 2.05) is 7.05 Å². The second-order valence-corrected chi connectivity index (χ2v) is 4.94. The van der Waals surface area contributed by atoms with Crippen LogP contribution in [0.3, 0.4) is 0 Å². The van der Waals surface area contributed by atoms with E-state index in [0.717, 1.165) is 11.2 Å². The van der Waals surface area contributed by atoms with E-state index in [1.165, 1.54) is 16.0 Å². The van der Waals surface area contributed by atoms with Gasteiger partial charge in [-0.15, -0.1) is 11.3 Å². The van der Waals surface area contributed by atoms with Crippen molar-refractivity contribution in [1.82, 2.24) is 4.98 Å². The van der Waals surface area contributed by atoms with Gasteiger partial charge in [-0.3, -0.25) is 4.98 Å². The fourth-order valence-corrected chi connectivity index (χ4v) is 2.97. The largest absolute Gasteiger partial charge is 0.387 e. The van der Waals surface area contributed by atoms with E-state index >= 15 is 0 Å². The van der Waals surface area contributed by atoms with Crippen LogP contribution >= 0.6 is 11.3 Å². The summed E-state index contributed by atoms with van der Waals surface area (Å²) in [5.74, 6) is 0.506. The third-order valence-corrected chi connectivity index (χ3v) is 3.57. The zero-order valence-corrected chi connectivity index (χ0v) is 10.4. The van der Waals surface area contributed by atoms with Gasteiger partial charge in [0.2, 0.25) is 0 Å². The molecule has 0 saturated heterocycles. The van der Waals surface area contributed by atoms with Crippen molar-refractivity contribution in [2.45, 2.75) is 26.7 Å². The average Bonchev–Trinajstić information content (AvgIpc) is 2.62. The Bertz CT molecular complexity index is 486. The van der Waals surface area contributed by atoms with Crippen molar-refractivity contribution in [3.05, 3.63) is 22.7 Å². The number of thiophene rings is 1. The Hall–Kier alpha value is -1.09. The molecule has 0 aromatic carbocycles. The highest BCUT2D eigenvalue weighted by molar-refractivity contribution is 7.17. The van der Waals surface area contributed by atoms with Gasteiger partial charge in [-0.05, 0) is 24.3 Å². The number of hydrogen-bond donors (Lipinski definition) is 1. The lowest BCUT2D eigenvalue weighted by molar-refractivity contribution is 0.850. The first-order valence-corrected chi connectivity index (χ1v) is 6.08. The van der Waals surface area contributed by atoms with Gasteiger partial charge in [0.05, 0.1) is 15.9 Å². The molecule has 0 radical (unpaired) electrons. The molecule has 0 amide bonds. The van der Waals surface area contributed by atoms with Gasteiger partial charge in [0.1, 0.15) is 0 Å². The SMILES string of the molecule is CNc1c(C(C)C)c(C)nc2ccsc12. The van der Waals surface area contributed by atoms with E-state index in [4.69, 9.17) is 0 Å². The minimum atomic E-state index is 0.506. The van der Waals surface area contributed by atoms with Crippen LogP contribution in [0.5, 0.6) is 0 Å². The maximum atomic E-state index is 4.64. The molecule has 0 saturated carbocycles. The van der Waals surface area contributed by atoms with Gasteiger partial charge in [0.15, 0.2) is 0 Å². The summed E-state index contributed by atoms with van der Waals surface area (Å²) < 4.78 is 1.27. The first kappa shape index (κ1) is 10.4. The first-order chi connectivity index (χ1) is 7.15. The van der Waals surface area contributed by atoms with Gasteiger partial charge in [-0.2, -0.15) is 0 Å². The molecule has 2 aromatic heterocycles. The number of hydrogen-bond acceptors (Lipinski definition) is 3. The smallest absolute Gasteiger partial charge is 0.0834 e. The highest BCUT2D eigenvalue weighted by atomic mass is 32.1. The van der Waals surface area contributed by atoms with Crippen LogP contribution in [0.1, 0.15) is 31.0 Å². The fourth-order valence-electron chi connectivity index (χ4n) is 2.08. The van der Waals surface area contributed by atoms with Crippen LogP contribution in [0, 0.1) is 6.92 Å². The molecule has 2 heterocycles. The van der Waals surface area contributed by atoms with Crippen molar-refractivity contribution in [3.8, 4) is 0 Å². The molecule has 3 heteroatoms. The lowest BCUT2D eigenvalue weighted by Gasteiger charge is -2.15. The van der Waals surface area contributed by atoms with Crippen LogP contribution in [-0.2, 0) is 0 Å². The minimum absolute atomic E-state index is 0.506. The molecular weight excluding hydrogens is 204 g/mol. The van der Waals surface area contributed by atoms with Gasteiger partial charge < -0.3 is 5.32 Å². The van der Waals surface area contributed by atoms with Gasteiger partial charge >= 0.3 is 0 Å². The summed E-state index contributed by atoms with van der Waals surface area (Å²) in [7, 11) is 1.99. The van der Waals surface area contributed by atoms with E-state index in [1.54, 1.807) is 11.3 Å². The molecule has 0 spiro atoms. The number of aryl methyl sites for hydroxylation is 1. The monoisotopic (exact) mass is 220 g/mol. The van der Waals surface area contributed by atoms with Crippen LogP contribution in [0.15, 0.2) is 11.4 Å². The van der Waals surface area contributed by atoms with Crippen molar-refractivity contribution >= 4 is 27.2 Å². The first-order valence-electron chi connectivity index (χ1n) is 5.20. The predicted molar refractivity (Wildman–Crippen MR) is 68.0 cm³/mol.